The predicted molar refractivity (Wildman–Crippen MR) is 60.4 cm³/mol. The summed E-state index contributed by atoms with van der Waals surface area (Å²) in [7, 11) is -4.56. The van der Waals surface area contributed by atoms with Crippen LogP contribution in [0.5, 0.6) is 0 Å². The summed E-state index contributed by atoms with van der Waals surface area (Å²) in [5.74, 6) is -1.10. The fourth-order valence-electron chi connectivity index (χ4n) is 1.35. The summed E-state index contributed by atoms with van der Waals surface area (Å²) in [4.78, 5) is 19.1. The van der Waals surface area contributed by atoms with Crippen LogP contribution in [0.25, 0.3) is 0 Å². The number of benzene rings is 1. The van der Waals surface area contributed by atoms with Crippen molar-refractivity contribution in [1.29, 1.82) is 0 Å². The zero-order valence-electron chi connectivity index (χ0n) is 8.91. The molecule has 1 aromatic carbocycles. The highest BCUT2D eigenvalue weighted by atomic mass is 31.2. The molecular formula is C10H13FNO4P. The van der Waals surface area contributed by atoms with Gasteiger partial charge in [-0.3, -0.25) is 9.36 Å². The summed E-state index contributed by atoms with van der Waals surface area (Å²) in [6.45, 7) is 0. The summed E-state index contributed by atoms with van der Waals surface area (Å²) in [5.41, 5.74) is 6.40. The Bertz CT molecular complexity index is 442. The third-order valence-corrected chi connectivity index (χ3v) is 2.93. The van der Waals surface area contributed by atoms with Crippen molar-refractivity contribution in [3.63, 3.8) is 0 Å². The van der Waals surface area contributed by atoms with Crippen LogP contribution in [0, 0.1) is 0 Å². The van der Waals surface area contributed by atoms with Crippen molar-refractivity contribution >= 4 is 13.6 Å². The Balaban J connectivity index is 2.68. The van der Waals surface area contributed by atoms with E-state index in [9.17, 15) is 13.6 Å². The molecule has 0 aromatic heterocycles. The third kappa shape index (κ3) is 5.08. The Morgan fingerprint density at radius 3 is 2.24 bits per heavy atom. The van der Waals surface area contributed by atoms with Crippen LogP contribution in [0.3, 0.4) is 0 Å². The molecule has 17 heavy (non-hydrogen) atoms. The molecule has 5 nitrogen and oxygen atoms in total. The Labute approximate surface area is 97.6 Å². The highest BCUT2D eigenvalue weighted by molar-refractivity contribution is 7.51. The standard InChI is InChI=1S/C10H13FNO4P/c11-17(15,16)6-8-3-1-7(2-4-8)5-9(12)10(13)14/h1-4,9H,5-6,12H2,(H,13,14)(H,15,16). The van der Waals surface area contributed by atoms with Crippen LogP contribution in [0.4, 0.5) is 4.20 Å². The fraction of sp³-hybridized carbons (Fsp3) is 0.300. The van der Waals surface area contributed by atoms with Crippen LogP contribution >= 0.6 is 7.68 Å². The highest BCUT2D eigenvalue weighted by Crippen LogP contribution is 2.45. The van der Waals surface area contributed by atoms with Crippen LogP contribution in [-0.2, 0) is 21.9 Å². The molecule has 0 aliphatic heterocycles. The summed E-state index contributed by atoms with van der Waals surface area (Å²) in [5, 5.41) is 8.61. The molecule has 0 bridgehead atoms. The summed E-state index contributed by atoms with van der Waals surface area (Å²) in [6.07, 6.45) is -0.389. The van der Waals surface area contributed by atoms with Gasteiger partial charge >= 0.3 is 13.6 Å². The monoisotopic (exact) mass is 261 g/mol. The third-order valence-electron chi connectivity index (χ3n) is 2.17. The molecule has 0 saturated carbocycles. The first-order chi connectivity index (χ1) is 7.78. The van der Waals surface area contributed by atoms with E-state index in [4.69, 9.17) is 15.7 Å². The quantitative estimate of drug-likeness (QED) is 0.693. The van der Waals surface area contributed by atoms with Crippen molar-refractivity contribution < 1.29 is 23.6 Å². The minimum absolute atomic E-state index is 0.155. The van der Waals surface area contributed by atoms with E-state index in [-0.39, 0.29) is 6.42 Å². The van der Waals surface area contributed by atoms with Gasteiger partial charge in [0, 0.05) is 0 Å². The van der Waals surface area contributed by atoms with Gasteiger partial charge in [0.15, 0.2) is 0 Å². The molecule has 0 amide bonds. The maximum absolute atomic E-state index is 12.5. The molecule has 0 saturated heterocycles. The van der Waals surface area contributed by atoms with Crippen LogP contribution in [-0.4, -0.2) is 22.0 Å². The molecule has 0 spiro atoms. The average Bonchev–Trinajstić information content (AvgIpc) is 2.18. The number of hydrogen-bond donors (Lipinski definition) is 3. The maximum atomic E-state index is 12.5. The lowest BCUT2D eigenvalue weighted by Gasteiger charge is -2.07. The van der Waals surface area contributed by atoms with E-state index in [0.29, 0.717) is 11.1 Å². The van der Waals surface area contributed by atoms with Crippen LogP contribution in [0.2, 0.25) is 0 Å². The number of carboxylic acids is 1. The molecule has 0 radical (unpaired) electrons. The van der Waals surface area contributed by atoms with Gasteiger partial charge in [0.2, 0.25) is 0 Å². The second-order valence-electron chi connectivity index (χ2n) is 3.74. The maximum Gasteiger partial charge on any atom is 0.369 e. The lowest BCUT2D eigenvalue weighted by molar-refractivity contribution is -0.138. The second kappa shape index (κ2) is 5.40. The summed E-state index contributed by atoms with van der Waals surface area (Å²) >= 11 is 0. The number of aliphatic carboxylic acids is 1. The Hall–Kier alpha value is -1.23. The van der Waals surface area contributed by atoms with E-state index < -0.39 is 25.9 Å². The number of carbonyl (C=O) groups is 1. The Morgan fingerprint density at radius 2 is 1.82 bits per heavy atom. The molecule has 1 rings (SSSR count). The van der Waals surface area contributed by atoms with Crippen molar-refractivity contribution in [2.75, 3.05) is 0 Å². The van der Waals surface area contributed by atoms with Crippen molar-refractivity contribution in [3.05, 3.63) is 35.4 Å². The van der Waals surface area contributed by atoms with Gasteiger partial charge in [0.25, 0.3) is 0 Å². The molecule has 2 atom stereocenters. The van der Waals surface area contributed by atoms with Gasteiger partial charge in [-0.05, 0) is 17.5 Å². The molecule has 7 heteroatoms. The minimum atomic E-state index is -4.56. The highest BCUT2D eigenvalue weighted by Gasteiger charge is 2.17. The second-order valence-corrected chi connectivity index (χ2v) is 5.29. The SMILES string of the molecule is NC(Cc1ccc(CP(=O)(O)F)cc1)C(=O)O. The van der Waals surface area contributed by atoms with Gasteiger partial charge < -0.3 is 15.7 Å². The number of nitrogens with two attached hydrogens (primary N) is 1. The molecule has 94 valence electrons. The minimum Gasteiger partial charge on any atom is -0.480 e. The fourth-order valence-corrected chi connectivity index (χ4v) is 2.01. The molecule has 2 unspecified atom stereocenters. The van der Waals surface area contributed by atoms with Gasteiger partial charge in [0.1, 0.15) is 6.04 Å². The first-order valence-electron chi connectivity index (χ1n) is 4.85. The Kier molecular flexibility index (Phi) is 4.40. The molecule has 4 N–H and O–H groups in total. The smallest absolute Gasteiger partial charge is 0.369 e. The number of rotatable bonds is 5. The van der Waals surface area contributed by atoms with Gasteiger partial charge in [-0.25, -0.2) is 0 Å². The number of carboxylic acid groups (broad SMARTS) is 1. The molecule has 0 fully saturated rings. The van der Waals surface area contributed by atoms with Gasteiger partial charge in [-0.1, -0.05) is 24.3 Å². The van der Waals surface area contributed by atoms with Crippen LogP contribution < -0.4 is 5.73 Å². The van der Waals surface area contributed by atoms with E-state index in [1.165, 1.54) is 12.1 Å². The molecule has 1 aromatic rings. The van der Waals surface area contributed by atoms with E-state index in [0.717, 1.165) is 0 Å². The normalized spacial score (nSPS) is 16.2. The topological polar surface area (TPSA) is 101 Å². The molecule has 0 heterocycles. The average molecular weight is 261 g/mol. The summed E-state index contributed by atoms with van der Waals surface area (Å²) < 4.78 is 23.0. The van der Waals surface area contributed by atoms with Gasteiger partial charge in [-0.15, -0.1) is 0 Å². The summed E-state index contributed by atoms with van der Waals surface area (Å²) in [6, 6.07) is 5.09. The lowest BCUT2D eigenvalue weighted by atomic mass is 10.1. The van der Waals surface area contributed by atoms with Crippen LogP contribution in [0.15, 0.2) is 24.3 Å². The lowest BCUT2D eigenvalue weighted by Crippen LogP contribution is -2.32. The first-order valence-corrected chi connectivity index (χ1v) is 6.59. The van der Waals surface area contributed by atoms with Crippen molar-refractivity contribution in [3.8, 4) is 0 Å². The van der Waals surface area contributed by atoms with E-state index >= 15 is 0 Å². The van der Waals surface area contributed by atoms with E-state index in [1.807, 2.05) is 0 Å². The largest absolute Gasteiger partial charge is 0.480 e. The first kappa shape index (κ1) is 13.8. The van der Waals surface area contributed by atoms with E-state index in [1.54, 1.807) is 12.1 Å². The van der Waals surface area contributed by atoms with E-state index in [2.05, 4.69) is 0 Å². The predicted octanol–water partition coefficient (Wildman–Crippen LogP) is 1.30. The number of hydrogen-bond acceptors (Lipinski definition) is 3. The van der Waals surface area contributed by atoms with Crippen molar-refractivity contribution in [1.82, 2.24) is 0 Å². The van der Waals surface area contributed by atoms with Gasteiger partial charge in [0.05, 0.1) is 6.16 Å². The Morgan fingerprint density at radius 1 is 1.35 bits per heavy atom. The zero-order valence-corrected chi connectivity index (χ0v) is 9.81. The van der Waals surface area contributed by atoms with Gasteiger partial charge in [-0.2, -0.15) is 4.20 Å². The van der Waals surface area contributed by atoms with Crippen molar-refractivity contribution in [2.24, 2.45) is 5.73 Å². The molecule has 0 aliphatic carbocycles. The molecule has 0 aliphatic rings. The molecular weight excluding hydrogens is 248 g/mol. The van der Waals surface area contributed by atoms with Crippen molar-refractivity contribution in [2.45, 2.75) is 18.6 Å². The zero-order chi connectivity index (χ0) is 13.1. The van der Waals surface area contributed by atoms with Crippen LogP contribution in [0.1, 0.15) is 11.1 Å². The number of halogens is 1.